The van der Waals surface area contributed by atoms with E-state index in [1.807, 2.05) is 41.5 Å². The smallest absolute Gasteiger partial charge is 0.407 e. The van der Waals surface area contributed by atoms with Gasteiger partial charge in [-0.3, -0.25) is 19.2 Å². The van der Waals surface area contributed by atoms with Crippen molar-refractivity contribution in [3.8, 4) is 0 Å². The largest absolute Gasteiger partial charge is 0.447 e. The van der Waals surface area contributed by atoms with E-state index >= 15 is 0 Å². The van der Waals surface area contributed by atoms with Gasteiger partial charge in [-0.05, 0) is 53.8 Å². The monoisotopic (exact) mass is 660 g/mol. The van der Waals surface area contributed by atoms with Gasteiger partial charge in [-0.2, -0.15) is 0 Å². The number of fused-ring (bicyclic) bond motifs is 1. The number of ketones is 1. The number of Topliss-reactive ketones (excluding diaryl/α,β-unsaturated/α-hetero) is 1. The molecule has 1 saturated heterocycles. The zero-order valence-electron chi connectivity index (χ0n) is 29.4. The molecule has 3 unspecified atom stereocenters. The van der Waals surface area contributed by atoms with E-state index in [2.05, 4.69) is 47.0 Å². The predicted molar refractivity (Wildman–Crippen MR) is 177 cm³/mol. The Kier molecular flexibility index (Phi) is 12.5. The number of carbonyl (C=O) groups excluding carboxylic acids is 6. The molecule has 6 amide bonds. The van der Waals surface area contributed by atoms with Crippen LogP contribution in [0.2, 0.25) is 0 Å². The van der Waals surface area contributed by atoms with E-state index in [4.69, 9.17) is 4.74 Å². The minimum absolute atomic E-state index is 0.0359. The maximum absolute atomic E-state index is 14.2. The molecule has 6 atom stereocenters. The van der Waals surface area contributed by atoms with E-state index in [-0.39, 0.29) is 42.7 Å². The van der Waals surface area contributed by atoms with Crippen LogP contribution in [0.4, 0.5) is 9.59 Å². The van der Waals surface area contributed by atoms with Gasteiger partial charge in [-0.25, -0.2) is 9.59 Å². The number of likely N-dealkylation sites (tertiary alicyclic amines) is 1. The minimum Gasteiger partial charge on any atom is -0.447 e. The number of nitrogens with zero attached hydrogens (tertiary/aromatic N) is 1. The number of urea groups is 1. The summed E-state index contributed by atoms with van der Waals surface area (Å²) in [7, 11) is 0. The molecule has 0 aromatic heterocycles. The van der Waals surface area contributed by atoms with Gasteiger partial charge < -0.3 is 36.2 Å². The van der Waals surface area contributed by atoms with Crippen LogP contribution in [-0.4, -0.2) is 90.9 Å². The molecule has 264 valence electrons. The molecule has 13 nitrogen and oxygen atoms in total. The highest BCUT2D eigenvalue weighted by molar-refractivity contribution is 6.38. The quantitative estimate of drug-likeness (QED) is 0.125. The highest BCUT2D eigenvalue weighted by atomic mass is 16.5. The van der Waals surface area contributed by atoms with Crippen LogP contribution in [0, 0.1) is 34.5 Å². The zero-order chi connectivity index (χ0) is 35.3. The number of rotatable bonds is 16. The van der Waals surface area contributed by atoms with Crippen molar-refractivity contribution in [3.63, 3.8) is 0 Å². The molecule has 47 heavy (non-hydrogen) atoms. The summed E-state index contributed by atoms with van der Waals surface area (Å²) in [4.78, 5) is 80.5. The summed E-state index contributed by atoms with van der Waals surface area (Å²) < 4.78 is 5.36. The second-order valence-electron chi connectivity index (χ2n) is 15.3. The highest BCUT2D eigenvalue weighted by Gasteiger charge is 2.70. The Morgan fingerprint density at radius 2 is 1.68 bits per heavy atom. The van der Waals surface area contributed by atoms with Gasteiger partial charge in [-0.1, -0.05) is 67.9 Å². The normalized spacial score (nSPS) is 23.0. The fourth-order valence-electron chi connectivity index (χ4n) is 6.36. The molecule has 3 fully saturated rings. The van der Waals surface area contributed by atoms with E-state index in [1.165, 1.54) is 11.0 Å². The third-order valence-electron chi connectivity index (χ3n) is 9.74. The van der Waals surface area contributed by atoms with Crippen LogP contribution in [0.15, 0.2) is 12.7 Å². The average molecular weight is 661 g/mol. The fourth-order valence-corrected chi connectivity index (χ4v) is 6.36. The SMILES string of the molecule is C=CCNC(=O)C(=O)C(CCC)NC(=O)C1[C@@H]2[C@H](CN1C(=O)C(NC(=O)N[C@H](COC(=O)NCC1CC1)C(C)C)C(C)(C)C)C2(C)C. The predicted octanol–water partition coefficient (Wildman–Crippen LogP) is 2.50. The minimum atomic E-state index is -1.04. The van der Waals surface area contributed by atoms with Crippen molar-refractivity contribution >= 4 is 35.6 Å². The van der Waals surface area contributed by atoms with Crippen LogP contribution >= 0.6 is 0 Å². The molecular formula is C34H56N6O7. The molecule has 3 aliphatic rings. The molecule has 0 aromatic carbocycles. The summed E-state index contributed by atoms with van der Waals surface area (Å²) in [5.74, 6) is -2.09. The lowest BCUT2D eigenvalue weighted by molar-refractivity contribution is -0.145. The summed E-state index contributed by atoms with van der Waals surface area (Å²) >= 11 is 0. The number of alkyl carbamates (subject to hydrolysis) is 1. The molecule has 0 spiro atoms. The van der Waals surface area contributed by atoms with Crippen LogP contribution in [0.1, 0.15) is 81.1 Å². The first-order chi connectivity index (χ1) is 21.9. The van der Waals surface area contributed by atoms with E-state index in [9.17, 15) is 28.8 Å². The van der Waals surface area contributed by atoms with Gasteiger partial charge in [0.25, 0.3) is 5.91 Å². The Morgan fingerprint density at radius 1 is 1.02 bits per heavy atom. The first-order valence-electron chi connectivity index (χ1n) is 16.9. The van der Waals surface area contributed by atoms with Gasteiger partial charge in [0.15, 0.2) is 0 Å². The molecule has 0 radical (unpaired) electrons. The van der Waals surface area contributed by atoms with Crippen molar-refractivity contribution < 1.29 is 33.5 Å². The highest BCUT2D eigenvalue weighted by Crippen LogP contribution is 2.65. The third kappa shape index (κ3) is 9.70. The Balaban J connectivity index is 1.72. The van der Waals surface area contributed by atoms with Gasteiger partial charge in [0, 0.05) is 19.6 Å². The van der Waals surface area contributed by atoms with E-state index < -0.39 is 65.2 Å². The van der Waals surface area contributed by atoms with E-state index in [1.54, 1.807) is 0 Å². The van der Waals surface area contributed by atoms with Crippen molar-refractivity contribution in [1.29, 1.82) is 0 Å². The number of hydrogen-bond acceptors (Lipinski definition) is 7. The van der Waals surface area contributed by atoms with Crippen LogP contribution in [0.25, 0.3) is 0 Å². The summed E-state index contributed by atoms with van der Waals surface area (Å²) in [5.41, 5.74) is -0.921. The summed E-state index contributed by atoms with van der Waals surface area (Å²) in [6.07, 6.45) is 3.93. The molecule has 13 heteroatoms. The Bertz CT molecular complexity index is 1210. The Morgan fingerprint density at radius 3 is 2.23 bits per heavy atom. The van der Waals surface area contributed by atoms with Crippen molar-refractivity contribution in [2.45, 2.75) is 105 Å². The first kappa shape index (κ1) is 37.8. The number of nitrogens with one attached hydrogen (secondary N) is 5. The maximum Gasteiger partial charge on any atom is 0.407 e. The van der Waals surface area contributed by atoms with Gasteiger partial charge >= 0.3 is 12.1 Å². The van der Waals surface area contributed by atoms with E-state index in [0.29, 0.717) is 25.4 Å². The second-order valence-corrected chi connectivity index (χ2v) is 15.3. The van der Waals surface area contributed by atoms with Crippen molar-refractivity contribution in [2.24, 2.45) is 34.5 Å². The molecule has 1 heterocycles. The molecule has 3 rings (SSSR count). The maximum atomic E-state index is 14.2. The first-order valence-corrected chi connectivity index (χ1v) is 16.9. The average Bonchev–Trinajstić information content (AvgIpc) is 3.86. The molecule has 2 saturated carbocycles. The van der Waals surface area contributed by atoms with Crippen molar-refractivity contribution in [1.82, 2.24) is 31.5 Å². The topological polar surface area (TPSA) is 175 Å². The van der Waals surface area contributed by atoms with E-state index in [0.717, 1.165) is 12.8 Å². The van der Waals surface area contributed by atoms with Crippen LogP contribution in [0.3, 0.4) is 0 Å². The molecule has 0 bridgehead atoms. The lowest BCUT2D eigenvalue weighted by Crippen LogP contribution is -2.62. The number of hydrogen-bond donors (Lipinski definition) is 5. The zero-order valence-corrected chi connectivity index (χ0v) is 29.4. The van der Waals surface area contributed by atoms with Crippen molar-refractivity contribution in [3.05, 3.63) is 12.7 Å². The number of ether oxygens (including phenoxy) is 1. The van der Waals surface area contributed by atoms with Crippen LogP contribution < -0.4 is 26.6 Å². The van der Waals surface area contributed by atoms with Gasteiger partial charge in [-0.15, -0.1) is 6.58 Å². The van der Waals surface area contributed by atoms with Crippen LogP contribution in [0.5, 0.6) is 0 Å². The third-order valence-corrected chi connectivity index (χ3v) is 9.74. The Hall–Kier alpha value is -3.64. The number of carbonyl (C=O) groups is 6. The molecule has 1 aliphatic heterocycles. The number of piperidine rings is 1. The fraction of sp³-hybridized carbons (Fsp3) is 0.765. The molecule has 0 aromatic rings. The summed E-state index contributed by atoms with van der Waals surface area (Å²) in [6, 6.07) is -4.00. The van der Waals surface area contributed by atoms with Crippen molar-refractivity contribution in [2.75, 3.05) is 26.2 Å². The number of amides is 6. The standard InChI is InChI=1S/C34H56N6O7/c1-10-12-22(26(41)29(43)35-15-11-2)37-28(42)25-24-21(34(24,8)9)17-40(25)30(44)27(33(5,6)7)39-31(45)38-23(19(3)4)18-47-32(46)36-16-20-13-14-20/h11,19-25,27H,2,10,12-18H2,1,3-9H3,(H,35,43)(H,36,46)(H,37,42)(H2,38,39,45)/t21-,22?,23+,24-,25?,27?/m0/s1. The lowest BCUT2D eigenvalue weighted by Gasteiger charge is -2.38. The van der Waals surface area contributed by atoms with Gasteiger partial charge in [0.05, 0.1) is 12.1 Å². The van der Waals surface area contributed by atoms with Gasteiger partial charge in [0.1, 0.15) is 18.7 Å². The molecular weight excluding hydrogens is 604 g/mol. The van der Waals surface area contributed by atoms with Gasteiger partial charge in [0.2, 0.25) is 17.6 Å². The lowest BCUT2D eigenvalue weighted by atomic mass is 9.85. The summed E-state index contributed by atoms with van der Waals surface area (Å²) in [5, 5.41) is 13.7. The molecule has 5 N–H and O–H groups in total. The molecule has 2 aliphatic carbocycles. The summed E-state index contributed by atoms with van der Waals surface area (Å²) in [6.45, 7) is 19.8. The van der Waals surface area contributed by atoms with Crippen LogP contribution in [-0.2, 0) is 23.9 Å². The second kappa shape index (κ2) is 15.5. The Labute approximate surface area is 279 Å².